The molecule has 2 unspecified atom stereocenters. The monoisotopic (exact) mass is 261 g/mol. The lowest BCUT2D eigenvalue weighted by atomic mass is 9.88. The van der Waals surface area contributed by atoms with Gasteiger partial charge in [0.05, 0.1) is 11.6 Å². The van der Waals surface area contributed by atoms with Crippen LogP contribution in [0.5, 0.6) is 0 Å². The number of benzene rings is 1. The molecule has 0 aliphatic rings. The molecule has 5 heteroatoms. The standard InChI is InChI=1S/C13H18F3NO/c1-4-13(3,18-5-2)12(17)8-6-7-9(14)11(16)10(8)15/h6-7,12H,4-5,17H2,1-3H3. The predicted octanol–water partition coefficient (Wildman–Crippen LogP) is 3.31. The largest absolute Gasteiger partial charge is 0.374 e. The molecule has 0 spiro atoms. The molecule has 1 aromatic carbocycles. The average Bonchev–Trinajstić information content (AvgIpc) is 2.35. The van der Waals surface area contributed by atoms with Gasteiger partial charge in [-0.15, -0.1) is 0 Å². The van der Waals surface area contributed by atoms with Crippen molar-refractivity contribution < 1.29 is 17.9 Å². The molecule has 2 atom stereocenters. The zero-order valence-electron chi connectivity index (χ0n) is 10.8. The third kappa shape index (κ3) is 2.67. The Labute approximate surface area is 105 Å². The fraction of sp³-hybridized carbons (Fsp3) is 0.538. The Bertz CT molecular complexity index is 425. The molecule has 0 aromatic heterocycles. The van der Waals surface area contributed by atoms with Gasteiger partial charge in [0.1, 0.15) is 0 Å². The summed E-state index contributed by atoms with van der Waals surface area (Å²) in [7, 11) is 0. The highest BCUT2D eigenvalue weighted by Crippen LogP contribution is 2.32. The SMILES string of the molecule is CCOC(C)(CC)C(N)c1ccc(F)c(F)c1F. The zero-order valence-corrected chi connectivity index (χ0v) is 10.8. The van der Waals surface area contributed by atoms with Crippen LogP contribution in [0.15, 0.2) is 12.1 Å². The van der Waals surface area contributed by atoms with Gasteiger partial charge in [-0.05, 0) is 26.3 Å². The lowest BCUT2D eigenvalue weighted by molar-refractivity contribution is -0.0480. The van der Waals surface area contributed by atoms with E-state index in [0.29, 0.717) is 13.0 Å². The van der Waals surface area contributed by atoms with Crippen LogP contribution in [0.2, 0.25) is 0 Å². The lowest BCUT2D eigenvalue weighted by Gasteiger charge is -2.34. The highest BCUT2D eigenvalue weighted by Gasteiger charge is 2.34. The first-order valence-electron chi connectivity index (χ1n) is 5.90. The van der Waals surface area contributed by atoms with Crippen LogP contribution in [0.4, 0.5) is 13.2 Å². The van der Waals surface area contributed by atoms with E-state index in [4.69, 9.17) is 10.5 Å². The van der Waals surface area contributed by atoms with Crippen molar-refractivity contribution in [1.29, 1.82) is 0 Å². The van der Waals surface area contributed by atoms with Crippen LogP contribution >= 0.6 is 0 Å². The second kappa shape index (κ2) is 5.71. The fourth-order valence-corrected chi connectivity index (χ4v) is 1.85. The molecule has 1 rings (SSSR count). The first-order valence-corrected chi connectivity index (χ1v) is 5.90. The highest BCUT2D eigenvalue weighted by molar-refractivity contribution is 5.25. The molecule has 0 aliphatic heterocycles. The zero-order chi connectivity index (χ0) is 13.9. The van der Waals surface area contributed by atoms with E-state index < -0.39 is 29.1 Å². The van der Waals surface area contributed by atoms with Crippen molar-refractivity contribution in [2.45, 2.75) is 38.8 Å². The minimum absolute atomic E-state index is 0.0771. The summed E-state index contributed by atoms with van der Waals surface area (Å²) in [5.74, 6) is -3.97. The molecule has 0 fully saturated rings. The van der Waals surface area contributed by atoms with Crippen molar-refractivity contribution in [3.05, 3.63) is 35.1 Å². The van der Waals surface area contributed by atoms with Crippen LogP contribution in [0, 0.1) is 17.5 Å². The maximum Gasteiger partial charge on any atom is 0.194 e. The van der Waals surface area contributed by atoms with Crippen LogP contribution in [0.25, 0.3) is 0 Å². The van der Waals surface area contributed by atoms with Crippen molar-refractivity contribution in [1.82, 2.24) is 0 Å². The fourth-order valence-electron chi connectivity index (χ4n) is 1.85. The van der Waals surface area contributed by atoms with Crippen LogP contribution < -0.4 is 5.73 Å². The Balaban J connectivity index is 3.17. The van der Waals surface area contributed by atoms with Crippen LogP contribution in [0.1, 0.15) is 38.8 Å². The van der Waals surface area contributed by atoms with E-state index in [-0.39, 0.29) is 5.56 Å². The summed E-state index contributed by atoms with van der Waals surface area (Å²) in [6, 6.07) is 1.17. The first-order chi connectivity index (χ1) is 8.37. The van der Waals surface area contributed by atoms with Gasteiger partial charge in [0.2, 0.25) is 0 Å². The summed E-state index contributed by atoms with van der Waals surface area (Å²) in [6.45, 7) is 5.76. The Kier molecular flexibility index (Phi) is 4.76. The van der Waals surface area contributed by atoms with Gasteiger partial charge in [-0.25, -0.2) is 13.2 Å². The van der Waals surface area contributed by atoms with E-state index >= 15 is 0 Å². The van der Waals surface area contributed by atoms with Crippen molar-refractivity contribution in [2.24, 2.45) is 5.73 Å². The van der Waals surface area contributed by atoms with Gasteiger partial charge in [0, 0.05) is 12.2 Å². The Morgan fingerprint density at radius 3 is 2.33 bits per heavy atom. The first kappa shape index (κ1) is 15.0. The van der Waals surface area contributed by atoms with Crippen molar-refractivity contribution >= 4 is 0 Å². The molecule has 0 radical (unpaired) electrons. The van der Waals surface area contributed by atoms with Gasteiger partial charge in [-0.3, -0.25) is 0 Å². The van der Waals surface area contributed by atoms with E-state index in [2.05, 4.69) is 0 Å². The number of rotatable bonds is 5. The summed E-state index contributed by atoms with van der Waals surface area (Å²) in [6.07, 6.45) is 0.528. The topological polar surface area (TPSA) is 35.2 Å². The molecule has 2 N–H and O–H groups in total. The average molecular weight is 261 g/mol. The number of hydrogen-bond acceptors (Lipinski definition) is 2. The Morgan fingerprint density at radius 1 is 1.22 bits per heavy atom. The summed E-state index contributed by atoms with van der Waals surface area (Å²) in [5, 5.41) is 0. The van der Waals surface area contributed by atoms with Crippen LogP contribution in [-0.2, 0) is 4.74 Å². The highest BCUT2D eigenvalue weighted by atomic mass is 19.2. The van der Waals surface area contributed by atoms with Crippen molar-refractivity contribution in [3.8, 4) is 0 Å². The predicted molar refractivity (Wildman–Crippen MR) is 63.6 cm³/mol. The van der Waals surface area contributed by atoms with Crippen molar-refractivity contribution in [3.63, 3.8) is 0 Å². The molecule has 102 valence electrons. The van der Waals surface area contributed by atoms with Gasteiger partial charge in [-0.1, -0.05) is 13.0 Å². The summed E-state index contributed by atoms with van der Waals surface area (Å²) < 4.78 is 45.2. The minimum Gasteiger partial charge on any atom is -0.374 e. The number of nitrogens with two attached hydrogens (primary N) is 1. The molecule has 0 bridgehead atoms. The van der Waals surface area contributed by atoms with Gasteiger partial charge >= 0.3 is 0 Å². The van der Waals surface area contributed by atoms with Gasteiger partial charge in [-0.2, -0.15) is 0 Å². The molecule has 0 saturated carbocycles. The molecule has 0 aliphatic carbocycles. The second-order valence-corrected chi connectivity index (χ2v) is 4.34. The van der Waals surface area contributed by atoms with E-state index in [9.17, 15) is 13.2 Å². The quantitative estimate of drug-likeness (QED) is 0.825. The Morgan fingerprint density at radius 2 is 1.83 bits per heavy atom. The third-order valence-corrected chi connectivity index (χ3v) is 3.23. The van der Waals surface area contributed by atoms with Gasteiger partial charge in [0.15, 0.2) is 17.5 Å². The maximum atomic E-state index is 13.7. The maximum absolute atomic E-state index is 13.7. The minimum atomic E-state index is -1.50. The van der Waals surface area contributed by atoms with Crippen molar-refractivity contribution in [2.75, 3.05) is 6.61 Å². The van der Waals surface area contributed by atoms with Gasteiger partial charge < -0.3 is 10.5 Å². The molecule has 0 amide bonds. The molecular weight excluding hydrogens is 243 g/mol. The molecule has 0 heterocycles. The number of halogens is 3. The van der Waals surface area contributed by atoms with Crippen LogP contribution in [0.3, 0.4) is 0 Å². The molecule has 1 aromatic rings. The molecular formula is C13H18F3NO. The summed E-state index contributed by atoms with van der Waals surface area (Å²) in [4.78, 5) is 0. The summed E-state index contributed by atoms with van der Waals surface area (Å²) in [5.41, 5.74) is 5.04. The Hall–Kier alpha value is -1.07. The smallest absolute Gasteiger partial charge is 0.194 e. The number of hydrogen-bond donors (Lipinski definition) is 1. The van der Waals surface area contributed by atoms with Crippen LogP contribution in [-0.4, -0.2) is 12.2 Å². The van der Waals surface area contributed by atoms with E-state index in [1.54, 1.807) is 13.8 Å². The second-order valence-electron chi connectivity index (χ2n) is 4.34. The summed E-state index contributed by atoms with van der Waals surface area (Å²) >= 11 is 0. The molecule has 2 nitrogen and oxygen atoms in total. The van der Waals surface area contributed by atoms with E-state index in [1.807, 2.05) is 6.92 Å². The van der Waals surface area contributed by atoms with Gasteiger partial charge in [0.25, 0.3) is 0 Å². The van der Waals surface area contributed by atoms with E-state index in [1.165, 1.54) is 0 Å². The normalized spacial score (nSPS) is 16.4. The molecule has 18 heavy (non-hydrogen) atoms. The van der Waals surface area contributed by atoms with E-state index in [0.717, 1.165) is 12.1 Å². The third-order valence-electron chi connectivity index (χ3n) is 3.23. The lowest BCUT2D eigenvalue weighted by Crippen LogP contribution is -2.41. The number of ether oxygens (including phenoxy) is 1. The molecule has 0 saturated heterocycles.